The first-order valence-corrected chi connectivity index (χ1v) is 9.28. The van der Waals surface area contributed by atoms with E-state index in [1.54, 1.807) is 0 Å². The van der Waals surface area contributed by atoms with Crippen LogP contribution in [0.2, 0.25) is 0 Å². The normalized spacial score (nSPS) is 13.7. The Kier molecular flexibility index (Phi) is 6.87. The molecule has 1 amide bonds. The fourth-order valence-corrected chi connectivity index (χ4v) is 3.59. The Bertz CT molecular complexity index is 696. The highest BCUT2D eigenvalue weighted by atomic mass is 16.1. The molecule has 0 radical (unpaired) electrons. The van der Waals surface area contributed by atoms with Gasteiger partial charge in [-0.1, -0.05) is 67.6 Å². The van der Waals surface area contributed by atoms with E-state index >= 15 is 0 Å². The minimum Gasteiger partial charge on any atom is -0.307 e. The van der Waals surface area contributed by atoms with Crippen LogP contribution in [0, 0.1) is 0 Å². The molecule has 0 fully saturated rings. The molecule has 138 valence electrons. The molecule has 0 aromatic heterocycles. The maximum Gasteiger partial charge on any atom is 0.242 e. The maximum atomic E-state index is 11.9. The van der Waals surface area contributed by atoms with Crippen molar-refractivity contribution in [2.75, 3.05) is 14.1 Å². The molecule has 0 saturated heterocycles. The number of benzene rings is 2. The van der Waals surface area contributed by atoms with Crippen LogP contribution in [-0.4, -0.2) is 36.7 Å². The lowest BCUT2D eigenvalue weighted by Crippen LogP contribution is -2.43. The Morgan fingerprint density at radius 1 is 1.00 bits per heavy atom. The summed E-state index contributed by atoms with van der Waals surface area (Å²) in [5.74, 6) is -0.143. The Hall–Kier alpha value is -2.26. The third kappa shape index (κ3) is 4.28. The van der Waals surface area contributed by atoms with Gasteiger partial charge in [-0.15, -0.1) is 0 Å². The summed E-state index contributed by atoms with van der Waals surface area (Å²) in [7, 11) is 4.19. The van der Waals surface area contributed by atoms with Crippen LogP contribution in [0.25, 0.3) is 0 Å². The van der Waals surface area contributed by atoms with Crippen LogP contribution in [0.4, 0.5) is 0 Å². The second kappa shape index (κ2) is 8.91. The van der Waals surface area contributed by atoms with Gasteiger partial charge >= 0.3 is 0 Å². The number of aliphatic imine (C=N–C) groups is 1. The van der Waals surface area contributed by atoms with Gasteiger partial charge < -0.3 is 4.90 Å². The number of amides is 1. The first kappa shape index (κ1) is 20.1. The quantitative estimate of drug-likeness (QED) is 0.678. The molecule has 0 spiro atoms. The van der Waals surface area contributed by atoms with Gasteiger partial charge in [0, 0.05) is 18.7 Å². The zero-order valence-corrected chi connectivity index (χ0v) is 16.6. The van der Waals surface area contributed by atoms with E-state index in [1.165, 1.54) is 18.1 Å². The molecule has 2 rings (SSSR count). The summed E-state index contributed by atoms with van der Waals surface area (Å²) in [6, 6.07) is 21.2. The molecular weight excluding hydrogens is 320 g/mol. The van der Waals surface area contributed by atoms with Crippen LogP contribution in [0.3, 0.4) is 0 Å². The molecule has 0 bridgehead atoms. The predicted molar refractivity (Wildman–Crippen MR) is 110 cm³/mol. The van der Waals surface area contributed by atoms with E-state index in [2.05, 4.69) is 86.4 Å². The number of carbonyl (C=O) groups is 1. The molecule has 1 atom stereocenters. The summed E-state index contributed by atoms with van der Waals surface area (Å²) in [5.41, 5.74) is 2.87. The summed E-state index contributed by atoms with van der Waals surface area (Å²) in [6.45, 7) is 5.84. The van der Waals surface area contributed by atoms with Crippen molar-refractivity contribution in [3.05, 3.63) is 71.8 Å². The van der Waals surface area contributed by atoms with Crippen molar-refractivity contribution in [2.45, 2.75) is 45.1 Å². The summed E-state index contributed by atoms with van der Waals surface area (Å²) in [4.78, 5) is 18.7. The van der Waals surface area contributed by atoms with Gasteiger partial charge in [0.2, 0.25) is 5.91 Å². The monoisotopic (exact) mass is 350 g/mol. The molecule has 26 heavy (non-hydrogen) atoms. The van der Waals surface area contributed by atoms with E-state index < -0.39 is 5.41 Å². The molecule has 2 aromatic carbocycles. The lowest BCUT2D eigenvalue weighted by Gasteiger charge is -2.40. The Labute approximate surface area is 157 Å². The fraction of sp³-hybridized carbons (Fsp3) is 0.391. The summed E-state index contributed by atoms with van der Waals surface area (Å²) in [5, 5.41) is 0. The minimum atomic E-state index is -0.424. The van der Waals surface area contributed by atoms with Crippen molar-refractivity contribution in [1.82, 2.24) is 4.90 Å². The van der Waals surface area contributed by atoms with Crippen LogP contribution < -0.4 is 0 Å². The highest BCUT2D eigenvalue weighted by molar-refractivity contribution is 6.04. The van der Waals surface area contributed by atoms with Crippen molar-refractivity contribution in [1.29, 1.82) is 0 Å². The predicted octanol–water partition coefficient (Wildman–Crippen LogP) is 4.71. The second-order valence-corrected chi connectivity index (χ2v) is 7.09. The smallest absolute Gasteiger partial charge is 0.242 e. The van der Waals surface area contributed by atoms with Gasteiger partial charge in [0.05, 0.1) is 5.41 Å². The molecule has 1 unspecified atom stereocenters. The lowest BCUT2D eigenvalue weighted by atomic mass is 9.66. The van der Waals surface area contributed by atoms with E-state index in [0.29, 0.717) is 6.04 Å². The Morgan fingerprint density at radius 2 is 1.46 bits per heavy atom. The first-order valence-electron chi connectivity index (χ1n) is 9.28. The van der Waals surface area contributed by atoms with Gasteiger partial charge in [0.1, 0.15) is 0 Å². The molecule has 0 aliphatic carbocycles. The number of rotatable bonds is 7. The molecule has 3 heteroatoms. The molecule has 0 aliphatic heterocycles. The third-order valence-corrected chi connectivity index (χ3v) is 5.14. The summed E-state index contributed by atoms with van der Waals surface area (Å²) >= 11 is 0. The molecule has 0 N–H and O–H groups in total. The largest absolute Gasteiger partial charge is 0.307 e. The SMILES string of the molecule is CCC(=NC(C)=O)C(CC(C)N(C)C)(c1ccccc1)c1ccccc1. The van der Waals surface area contributed by atoms with E-state index in [4.69, 9.17) is 0 Å². The van der Waals surface area contributed by atoms with Crippen molar-refractivity contribution >= 4 is 11.6 Å². The van der Waals surface area contributed by atoms with E-state index in [1.807, 2.05) is 12.1 Å². The highest BCUT2D eigenvalue weighted by Crippen LogP contribution is 2.40. The van der Waals surface area contributed by atoms with Crippen LogP contribution in [-0.2, 0) is 10.2 Å². The Morgan fingerprint density at radius 3 is 1.81 bits per heavy atom. The average molecular weight is 351 g/mol. The zero-order valence-electron chi connectivity index (χ0n) is 16.6. The summed E-state index contributed by atoms with van der Waals surface area (Å²) < 4.78 is 0. The number of hydrogen-bond donors (Lipinski definition) is 0. The first-order chi connectivity index (χ1) is 12.4. The maximum absolute atomic E-state index is 11.9. The van der Waals surface area contributed by atoms with Crippen molar-refractivity contribution in [2.24, 2.45) is 4.99 Å². The third-order valence-electron chi connectivity index (χ3n) is 5.14. The molecule has 0 heterocycles. The van der Waals surface area contributed by atoms with Gasteiger partial charge in [-0.05, 0) is 45.0 Å². The van der Waals surface area contributed by atoms with Gasteiger partial charge in [0.15, 0.2) is 0 Å². The van der Waals surface area contributed by atoms with E-state index in [-0.39, 0.29) is 5.91 Å². The molecular formula is C23H30N2O. The number of nitrogens with zero attached hydrogens (tertiary/aromatic N) is 2. The van der Waals surface area contributed by atoms with Crippen LogP contribution in [0.1, 0.15) is 44.7 Å². The van der Waals surface area contributed by atoms with Gasteiger partial charge in [-0.25, -0.2) is 4.99 Å². The van der Waals surface area contributed by atoms with E-state index in [0.717, 1.165) is 18.6 Å². The number of hydrogen-bond acceptors (Lipinski definition) is 2. The fourth-order valence-electron chi connectivity index (χ4n) is 3.59. The standard InChI is InChI=1S/C23H30N2O/c1-6-22(24-19(3)26)23(17-18(2)25(4)5,20-13-9-7-10-14-20)21-15-11-8-12-16-21/h7-16,18H,6,17H2,1-5H3. The van der Waals surface area contributed by atoms with Gasteiger partial charge in [-0.3, -0.25) is 4.79 Å². The van der Waals surface area contributed by atoms with Gasteiger partial charge in [0.25, 0.3) is 0 Å². The molecule has 0 aliphatic rings. The average Bonchev–Trinajstić information content (AvgIpc) is 2.65. The van der Waals surface area contributed by atoms with Crippen molar-refractivity contribution < 1.29 is 4.79 Å². The molecule has 2 aromatic rings. The second-order valence-electron chi connectivity index (χ2n) is 7.09. The van der Waals surface area contributed by atoms with Gasteiger partial charge in [-0.2, -0.15) is 0 Å². The molecule has 3 nitrogen and oxygen atoms in total. The van der Waals surface area contributed by atoms with Crippen LogP contribution in [0.5, 0.6) is 0 Å². The summed E-state index contributed by atoms with van der Waals surface area (Å²) in [6.07, 6.45) is 1.58. The molecule has 0 saturated carbocycles. The lowest BCUT2D eigenvalue weighted by molar-refractivity contribution is -0.115. The minimum absolute atomic E-state index is 0.143. The van der Waals surface area contributed by atoms with E-state index in [9.17, 15) is 4.79 Å². The topological polar surface area (TPSA) is 32.7 Å². The Balaban J connectivity index is 2.81. The highest BCUT2D eigenvalue weighted by Gasteiger charge is 2.40. The van der Waals surface area contributed by atoms with Crippen molar-refractivity contribution in [3.8, 4) is 0 Å². The zero-order chi connectivity index (χ0) is 19.2. The van der Waals surface area contributed by atoms with Crippen LogP contribution in [0.15, 0.2) is 65.7 Å². The van der Waals surface area contributed by atoms with Crippen LogP contribution >= 0.6 is 0 Å². The van der Waals surface area contributed by atoms with Crippen molar-refractivity contribution in [3.63, 3.8) is 0 Å². The number of carbonyl (C=O) groups excluding carboxylic acids is 1.